The molecule has 0 radical (unpaired) electrons. The summed E-state index contributed by atoms with van der Waals surface area (Å²) in [6, 6.07) is 3.50. The van der Waals surface area contributed by atoms with E-state index in [1.165, 1.54) is 13.2 Å². The second-order valence-electron chi connectivity index (χ2n) is 4.74. The fraction of sp³-hybridized carbons (Fsp3) is 0.357. The Kier molecular flexibility index (Phi) is 3.14. The van der Waals surface area contributed by atoms with Crippen molar-refractivity contribution in [3.05, 3.63) is 34.9 Å². The molecule has 1 N–H and O–H groups in total. The molecule has 5 heteroatoms. The number of methoxy groups -OCH3 is 1. The topological polar surface area (TPSA) is 29.9 Å². The average Bonchev–Trinajstić information content (AvgIpc) is 2.73. The largest absolute Gasteiger partial charge is 0.494 e. The molecule has 1 unspecified atom stereocenters. The highest BCUT2D eigenvalue weighted by molar-refractivity contribution is 7.71. The molecule has 1 aromatic carbocycles. The van der Waals surface area contributed by atoms with Crippen molar-refractivity contribution in [3.8, 4) is 5.75 Å². The van der Waals surface area contributed by atoms with Crippen LogP contribution in [-0.4, -0.2) is 16.7 Å². The van der Waals surface area contributed by atoms with Crippen LogP contribution < -0.4 is 4.74 Å². The van der Waals surface area contributed by atoms with E-state index in [9.17, 15) is 4.39 Å². The molecule has 1 aliphatic rings. The van der Waals surface area contributed by atoms with Gasteiger partial charge in [-0.2, -0.15) is 0 Å². The zero-order chi connectivity index (χ0) is 13.4. The van der Waals surface area contributed by atoms with Crippen LogP contribution in [-0.2, 0) is 0 Å². The summed E-state index contributed by atoms with van der Waals surface area (Å²) in [6.45, 7) is 0. The second kappa shape index (κ2) is 4.81. The van der Waals surface area contributed by atoms with Crippen LogP contribution in [0.5, 0.6) is 5.75 Å². The van der Waals surface area contributed by atoms with E-state index in [-0.39, 0.29) is 11.6 Å². The lowest BCUT2D eigenvalue weighted by atomic mass is 10.0. The number of halogens is 1. The number of fused-ring (bicyclic) bond motifs is 1. The molecule has 0 aliphatic heterocycles. The van der Waals surface area contributed by atoms with Gasteiger partial charge in [0.25, 0.3) is 0 Å². The Morgan fingerprint density at radius 1 is 1.42 bits per heavy atom. The first-order valence-electron chi connectivity index (χ1n) is 6.33. The van der Waals surface area contributed by atoms with E-state index >= 15 is 0 Å². The smallest absolute Gasteiger partial charge is 0.178 e. The summed E-state index contributed by atoms with van der Waals surface area (Å²) in [5.41, 5.74) is 1.63. The SMILES string of the molecule is COc1cc2c(cc1F)[nH]c(=S)n2C1CC=CCC1. The third-order valence-corrected chi connectivity index (χ3v) is 3.90. The van der Waals surface area contributed by atoms with Gasteiger partial charge in [-0.05, 0) is 31.5 Å². The lowest BCUT2D eigenvalue weighted by Gasteiger charge is -2.20. The fourth-order valence-corrected chi connectivity index (χ4v) is 3.02. The molecule has 0 amide bonds. The number of aromatic nitrogens is 2. The monoisotopic (exact) mass is 278 g/mol. The van der Waals surface area contributed by atoms with Gasteiger partial charge in [-0.1, -0.05) is 12.2 Å². The Morgan fingerprint density at radius 3 is 2.95 bits per heavy atom. The predicted octanol–water partition coefficient (Wildman–Crippen LogP) is 4.13. The summed E-state index contributed by atoms with van der Waals surface area (Å²) in [5, 5.41) is 0. The number of hydrogen-bond donors (Lipinski definition) is 1. The Hall–Kier alpha value is -1.62. The predicted molar refractivity (Wildman–Crippen MR) is 75.7 cm³/mol. The van der Waals surface area contributed by atoms with Gasteiger partial charge in [-0.3, -0.25) is 0 Å². The molecule has 100 valence electrons. The van der Waals surface area contributed by atoms with Crippen molar-refractivity contribution in [2.24, 2.45) is 0 Å². The maximum atomic E-state index is 13.7. The number of imidazole rings is 1. The number of rotatable bonds is 2. The molecule has 19 heavy (non-hydrogen) atoms. The maximum Gasteiger partial charge on any atom is 0.178 e. The van der Waals surface area contributed by atoms with Crippen LogP contribution in [0, 0.1) is 10.6 Å². The van der Waals surface area contributed by atoms with E-state index in [0.717, 1.165) is 30.3 Å². The highest BCUT2D eigenvalue weighted by Crippen LogP contribution is 2.31. The van der Waals surface area contributed by atoms with Gasteiger partial charge in [0.05, 0.1) is 18.1 Å². The molecule has 0 saturated heterocycles. The van der Waals surface area contributed by atoms with Gasteiger partial charge in [0.15, 0.2) is 16.3 Å². The van der Waals surface area contributed by atoms with Crippen molar-refractivity contribution in [1.82, 2.24) is 9.55 Å². The van der Waals surface area contributed by atoms with E-state index in [2.05, 4.69) is 21.7 Å². The summed E-state index contributed by atoms with van der Waals surface area (Å²) in [5.74, 6) is -0.122. The Balaban J connectivity index is 2.20. The zero-order valence-corrected chi connectivity index (χ0v) is 11.5. The molecule has 0 bridgehead atoms. The van der Waals surface area contributed by atoms with Crippen LogP contribution in [0.1, 0.15) is 25.3 Å². The third-order valence-electron chi connectivity index (χ3n) is 3.60. The molecule has 1 atom stereocenters. The minimum absolute atomic E-state index is 0.251. The Bertz CT molecular complexity index is 701. The number of hydrogen-bond acceptors (Lipinski definition) is 2. The standard InChI is InChI=1S/C14H15FN2OS/c1-18-13-8-12-11(7-10(13)15)16-14(19)17(12)9-5-3-2-4-6-9/h2-3,7-9H,4-6H2,1H3,(H,16,19). The summed E-state index contributed by atoms with van der Waals surface area (Å²) >= 11 is 5.38. The summed E-state index contributed by atoms with van der Waals surface area (Å²) in [7, 11) is 1.47. The second-order valence-corrected chi connectivity index (χ2v) is 5.13. The number of H-pyrrole nitrogens is 1. The van der Waals surface area contributed by atoms with Gasteiger partial charge in [0.2, 0.25) is 0 Å². The number of allylic oxidation sites excluding steroid dienone is 2. The van der Waals surface area contributed by atoms with Crippen LogP contribution in [0.15, 0.2) is 24.3 Å². The van der Waals surface area contributed by atoms with Crippen LogP contribution in [0.2, 0.25) is 0 Å². The molecule has 0 fully saturated rings. The summed E-state index contributed by atoms with van der Waals surface area (Å²) in [6.07, 6.45) is 7.43. The van der Waals surface area contributed by atoms with Crippen LogP contribution in [0.4, 0.5) is 4.39 Å². The number of nitrogens with one attached hydrogen (secondary N) is 1. The lowest BCUT2D eigenvalue weighted by molar-refractivity contribution is 0.387. The van der Waals surface area contributed by atoms with Gasteiger partial charge < -0.3 is 14.3 Å². The van der Waals surface area contributed by atoms with Crippen molar-refractivity contribution in [1.29, 1.82) is 0 Å². The van der Waals surface area contributed by atoms with E-state index in [1.807, 2.05) is 0 Å². The van der Waals surface area contributed by atoms with Crippen molar-refractivity contribution >= 4 is 23.3 Å². The van der Waals surface area contributed by atoms with Gasteiger partial charge in [0.1, 0.15) is 0 Å². The molecule has 2 aromatic rings. The molecule has 0 spiro atoms. The summed E-state index contributed by atoms with van der Waals surface area (Å²) < 4.78 is 21.5. The Labute approximate surface area is 115 Å². The highest BCUT2D eigenvalue weighted by atomic mass is 32.1. The van der Waals surface area contributed by atoms with Crippen molar-refractivity contribution in [2.75, 3.05) is 7.11 Å². The van der Waals surface area contributed by atoms with Crippen LogP contribution in [0.25, 0.3) is 11.0 Å². The molecule has 3 nitrogen and oxygen atoms in total. The van der Waals surface area contributed by atoms with Crippen molar-refractivity contribution in [2.45, 2.75) is 25.3 Å². The molecule has 0 saturated carbocycles. The zero-order valence-electron chi connectivity index (χ0n) is 10.6. The first-order valence-corrected chi connectivity index (χ1v) is 6.74. The lowest BCUT2D eigenvalue weighted by Crippen LogP contribution is -2.10. The molecular weight excluding hydrogens is 263 g/mol. The van der Waals surface area contributed by atoms with Crippen molar-refractivity contribution in [3.63, 3.8) is 0 Å². The summed E-state index contributed by atoms with van der Waals surface area (Å²) in [4.78, 5) is 3.07. The first kappa shape index (κ1) is 12.4. The van der Waals surface area contributed by atoms with E-state index in [0.29, 0.717) is 10.8 Å². The quantitative estimate of drug-likeness (QED) is 0.661. The molecule has 1 aliphatic carbocycles. The molecule has 3 rings (SSSR count). The van der Waals surface area contributed by atoms with Gasteiger partial charge >= 0.3 is 0 Å². The fourth-order valence-electron chi connectivity index (χ4n) is 2.66. The van der Waals surface area contributed by atoms with E-state index < -0.39 is 0 Å². The van der Waals surface area contributed by atoms with Gasteiger partial charge in [0, 0.05) is 18.2 Å². The van der Waals surface area contributed by atoms with Crippen LogP contribution >= 0.6 is 12.2 Å². The molecule has 1 aromatic heterocycles. The van der Waals surface area contributed by atoms with Gasteiger partial charge in [-0.15, -0.1) is 0 Å². The molecular formula is C14H15FN2OS. The minimum Gasteiger partial charge on any atom is -0.494 e. The maximum absolute atomic E-state index is 13.7. The Morgan fingerprint density at radius 2 is 2.26 bits per heavy atom. The number of aromatic amines is 1. The molecule has 1 heterocycles. The minimum atomic E-state index is -0.373. The van der Waals surface area contributed by atoms with Crippen molar-refractivity contribution < 1.29 is 9.13 Å². The van der Waals surface area contributed by atoms with E-state index in [1.54, 1.807) is 6.07 Å². The third kappa shape index (κ3) is 2.08. The number of benzene rings is 1. The first-order chi connectivity index (χ1) is 9.20. The van der Waals surface area contributed by atoms with E-state index in [4.69, 9.17) is 17.0 Å². The average molecular weight is 278 g/mol. The number of ether oxygens (including phenoxy) is 1. The highest BCUT2D eigenvalue weighted by Gasteiger charge is 2.18. The van der Waals surface area contributed by atoms with Gasteiger partial charge in [-0.25, -0.2) is 4.39 Å². The normalized spacial score (nSPS) is 18.9. The number of nitrogens with zero attached hydrogens (tertiary/aromatic N) is 1. The van der Waals surface area contributed by atoms with Crippen LogP contribution in [0.3, 0.4) is 0 Å².